The summed E-state index contributed by atoms with van der Waals surface area (Å²) in [5.74, 6) is -0.248. The summed E-state index contributed by atoms with van der Waals surface area (Å²) in [5, 5.41) is 3.25. The van der Waals surface area contributed by atoms with E-state index in [1.807, 2.05) is 18.2 Å². The minimum Gasteiger partial charge on any atom is -0.380 e. The van der Waals surface area contributed by atoms with Crippen LogP contribution in [-0.4, -0.2) is 33.8 Å². The van der Waals surface area contributed by atoms with Crippen molar-refractivity contribution in [1.29, 1.82) is 0 Å². The number of nitrogens with zero attached hydrogens (tertiary/aromatic N) is 1. The molecule has 0 saturated carbocycles. The van der Waals surface area contributed by atoms with Crippen molar-refractivity contribution in [2.24, 2.45) is 0 Å². The Morgan fingerprint density at radius 2 is 1.67 bits per heavy atom. The summed E-state index contributed by atoms with van der Waals surface area (Å²) in [6, 6.07) is 13.9. The maximum absolute atomic E-state index is 13.7. The minimum atomic E-state index is -3.26. The first-order valence-electron chi connectivity index (χ1n) is 8.00. The lowest BCUT2D eigenvalue weighted by atomic mass is 10.0. The van der Waals surface area contributed by atoms with Crippen LogP contribution in [0.3, 0.4) is 0 Å². The molecule has 0 spiro atoms. The van der Waals surface area contributed by atoms with E-state index in [0.29, 0.717) is 10.6 Å². The van der Waals surface area contributed by atoms with Gasteiger partial charge in [0.2, 0.25) is 0 Å². The van der Waals surface area contributed by atoms with Gasteiger partial charge in [-0.15, -0.1) is 0 Å². The van der Waals surface area contributed by atoms with Crippen LogP contribution in [0.2, 0.25) is 0 Å². The number of anilines is 2. The Morgan fingerprint density at radius 1 is 1.04 bits per heavy atom. The average molecular weight is 348 g/mol. The van der Waals surface area contributed by atoms with Crippen molar-refractivity contribution in [3.05, 3.63) is 54.3 Å². The fraction of sp³-hybridized carbons (Fsp3) is 0.333. The minimum absolute atomic E-state index is 0.184. The van der Waals surface area contributed by atoms with Crippen LogP contribution in [0.4, 0.5) is 15.8 Å². The maximum atomic E-state index is 13.7. The lowest BCUT2D eigenvalue weighted by Gasteiger charge is -2.35. The third kappa shape index (κ3) is 3.70. The molecule has 0 bridgehead atoms. The number of hydrogen-bond acceptors (Lipinski definition) is 4. The normalized spacial score (nSPS) is 16.2. The van der Waals surface area contributed by atoms with E-state index < -0.39 is 9.84 Å². The number of benzene rings is 2. The highest BCUT2D eigenvalue weighted by molar-refractivity contribution is 7.90. The Labute approximate surface area is 142 Å². The van der Waals surface area contributed by atoms with Crippen molar-refractivity contribution in [2.45, 2.75) is 23.8 Å². The fourth-order valence-corrected chi connectivity index (χ4v) is 4.00. The van der Waals surface area contributed by atoms with Crippen LogP contribution in [0.1, 0.15) is 12.8 Å². The molecule has 1 heterocycles. The number of para-hydroxylation sites is 2. The SMILES string of the molecule is CS(=O)(=O)c1ccccc1N1CCC(Nc2ccccc2F)CC1. The summed E-state index contributed by atoms with van der Waals surface area (Å²) in [4.78, 5) is 2.46. The molecular weight excluding hydrogens is 327 g/mol. The summed E-state index contributed by atoms with van der Waals surface area (Å²) in [5.41, 5.74) is 1.27. The Balaban J connectivity index is 1.69. The van der Waals surface area contributed by atoms with Crippen molar-refractivity contribution in [2.75, 3.05) is 29.6 Å². The average Bonchev–Trinajstić information content (AvgIpc) is 2.57. The molecular formula is C18H21FN2O2S. The topological polar surface area (TPSA) is 49.4 Å². The molecule has 0 unspecified atom stereocenters. The molecule has 0 amide bonds. The number of hydrogen-bond donors (Lipinski definition) is 1. The van der Waals surface area contributed by atoms with Gasteiger partial charge in [-0.2, -0.15) is 0 Å². The van der Waals surface area contributed by atoms with Crippen LogP contribution < -0.4 is 10.2 Å². The first-order chi connectivity index (χ1) is 11.4. The standard InChI is InChI=1S/C18H21FN2O2S/c1-24(22,23)18-9-5-4-8-17(18)21-12-10-14(11-13-21)20-16-7-3-2-6-15(16)19/h2-9,14,20H,10-13H2,1H3. The molecule has 24 heavy (non-hydrogen) atoms. The highest BCUT2D eigenvalue weighted by Gasteiger charge is 2.23. The summed E-state index contributed by atoms with van der Waals surface area (Å²) in [7, 11) is -3.26. The van der Waals surface area contributed by atoms with Gasteiger partial charge in [0.15, 0.2) is 9.84 Å². The van der Waals surface area contributed by atoms with Crippen LogP contribution in [0.15, 0.2) is 53.4 Å². The molecule has 0 atom stereocenters. The Kier molecular flexibility index (Phi) is 4.76. The third-order valence-corrected chi connectivity index (χ3v) is 5.48. The van der Waals surface area contributed by atoms with Gasteiger partial charge in [-0.3, -0.25) is 0 Å². The Bertz CT molecular complexity index is 815. The summed E-state index contributed by atoms with van der Waals surface area (Å²) >= 11 is 0. The lowest BCUT2D eigenvalue weighted by Crippen LogP contribution is -2.39. The summed E-state index contributed by atoms with van der Waals surface area (Å²) < 4.78 is 37.6. The van der Waals surface area contributed by atoms with Gasteiger partial charge in [-0.25, -0.2) is 12.8 Å². The molecule has 2 aromatic rings. The van der Waals surface area contributed by atoms with E-state index in [1.54, 1.807) is 24.3 Å². The van der Waals surface area contributed by atoms with E-state index in [2.05, 4.69) is 10.2 Å². The molecule has 0 aromatic heterocycles. The number of halogens is 1. The van der Waals surface area contributed by atoms with Gasteiger partial charge in [0.1, 0.15) is 5.82 Å². The van der Waals surface area contributed by atoms with Crippen molar-refractivity contribution in [3.63, 3.8) is 0 Å². The Morgan fingerprint density at radius 3 is 2.33 bits per heavy atom. The lowest BCUT2D eigenvalue weighted by molar-refractivity contribution is 0.520. The first kappa shape index (κ1) is 16.8. The van der Waals surface area contributed by atoms with Gasteiger partial charge >= 0.3 is 0 Å². The van der Waals surface area contributed by atoms with Crippen LogP contribution in [0.5, 0.6) is 0 Å². The first-order valence-corrected chi connectivity index (χ1v) is 9.89. The smallest absolute Gasteiger partial charge is 0.177 e. The molecule has 4 nitrogen and oxygen atoms in total. The fourth-order valence-electron chi connectivity index (χ4n) is 3.09. The van der Waals surface area contributed by atoms with Crippen LogP contribution in [0.25, 0.3) is 0 Å². The molecule has 1 N–H and O–H groups in total. The van der Waals surface area contributed by atoms with E-state index in [-0.39, 0.29) is 11.9 Å². The number of sulfone groups is 1. The zero-order chi connectivity index (χ0) is 17.2. The number of nitrogens with one attached hydrogen (secondary N) is 1. The van der Waals surface area contributed by atoms with Gasteiger partial charge in [0, 0.05) is 25.4 Å². The quantitative estimate of drug-likeness (QED) is 0.921. The van der Waals surface area contributed by atoms with Crippen molar-refractivity contribution >= 4 is 21.2 Å². The zero-order valence-corrected chi connectivity index (χ0v) is 14.4. The molecule has 1 aliphatic heterocycles. The van der Waals surface area contributed by atoms with E-state index in [9.17, 15) is 12.8 Å². The van der Waals surface area contributed by atoms with Gasteiger partial charge < -0.3 is 10.2 Å². The predicted molar refractivity (Wildman–Crippen MR) is 94.8 cm³/mol. The molecule has 1 aliphatic rings. The Hall–Kier alpha value is -2.08. The predicted octanol–water partition coefficient (Wildman–Crippen LogP) is 3.31. The molecule has 0 aliphatic carbocycles. The van der Waals surface area contributed by atoms with E-state index in [1.165, 1.54) is 12.3 Å². The number of piperidine rings is 1. The highest BCUT2D eigenvalue weighted by Crippen LogP contribution is 2.28. The summed E-state index contributed by atoms with van der Waals surface area (Å²) in [6.45, 7) is 1.47. The third-order valence-electron chi connectivity index (χ3n) is 4.33. The molecule has 6 heteroatoms. The van der Waals surface area contributed by atoms with Crippen LogP contribution >= 0.6 is 0 Å². The molecule has 0 radical (unpaired) electrons. The van der Waals surface area contributed by atoms with Crippen molar-refractivity contribution < 1.29 is 12.8 Å². The second-order valence-electron chi connectivity index (χ2n) is 6.13. The molecule has 1 fully saturated rings. The monoisotopic (exact) mass is 348 g/mol. The second-order valence-corrected chi connectivity index (χ2v) is 8.11. The second kappa shape index (κ2) is 6.81. The molecule has 128 valence electrons. The van der Waals surface area contributed by atoms with Gasteiger partial charge in [-0.05, 0) is 37.1 Å². The molecule has 1 saturated heterocycles. The van der Waals surface area contributed by atoms with Gasteiger partial charge in [-0.1, -0.05) is 24.3 Å². The van der Waals surface area contributed by atoms with Crippen LogP contribution in [-0.2, 0) is 9.84 Å². The van der Waals surface area contributed by atoms with Gasteiger partial charge in [0.25, 0.3) is 0 Å². The molecule has 3 rings (SSSR count). The maximum Gasteiger partial charge on any atom is 0.177 e. The van der Waals surface area contributed by atoms with E-state index in [4.69, 9.17) is 0 Å². The summed E-state index contributed by atoms with van der Waals surface area (Å²) in [6.07, 6.45) is 2.89. The highest BCUT2D eigenvalue weighted by atomic mass is 32.2. The largest absolute Gasteiger partial charge is 0.380 e. The zero-order valence-electron chi connectivity index (χ0n) is 13.6. The van der Waals surface area contributed by atoms with Crippen molar-refractivity contribution in [1.82, 2.24) is 0 Å². The van der Waals surface area contributed by atoms with Crippen LogP contribution in [0, 0.1) is 5.82 Å². The molecule has 2 aromatic carbocycles. The van der Waals surface area contributed by atoms with Crippen molar-refractivity contribution in [3.8, 4) is 0 Å². The van der Waals surface area contributed by atoms with E-state index >= 15 is 0 Å². The van der Waals surface area contributed by atoms with E-state index in [0.717, 1.165) is 31.6 Å². The number of rotatable bonds is 4. The van der Waals surface area contributed by atoms with Gasteiger partial charge in [0.05, 0.1) is 16.3 Å².